The first kappa shape index (κ1) is 13.2. The third-order valence-corrected chi connectivity index (χ3v) is 3.17. The summed E-state index contributed by atoms with van der Waals surface area (Å²) in [7, 11) is 0. The molecule has 1 atom stereocenters. The monoisotopic (exact) mass is 330 g/mol. The Hall–Kier alpha value is -1.27. The van der Waals surface area contributed by atoms with Gasteiger partial charge in [0.1, 0.15) is 24.1 Å². The first-order valence-electron chi connectivity index (χ1n) is 5.11. The molecule has 2 rings (SSSR count). The molecule has 0 aromatic carbocycles. The van der Waals surface area contributed by atoms with Crippen molar-refractivity contribution in [1.29, 1.82) is 0 Å². The molecule has 0 amide bonds. The Balaban J connectivity index is 2.29. The van der Waals surface area contributed by atoms with Gasteiger partial charge in [0.25, 0.3) is 0 Å². The van der Waals surface area contributed by atoms with Gasteiger partial charge in [-0.1, -0.05) is 11.6 Å². The molecule has 94 valence electrons. The third kappa shape index (κ3) is 2.94. The highest BCUT2D eigenvalue weighted by molar-refractivity contribution is 9.10. The van der Waals surface area contributed by atoms with Crippen molar-refractivity contribution < 1.29 is 4.39 Å². The highest BCUT2D eigenvalue weighted by atomic mass is 79.9. The smallest absolute Gasteiger partial charge is 0.149 e. The molecule has 0 bridgehead atoms. The fourth-order valence-electron chi connectivity index (χ4n) is 1.32. The molecule has 0 spiro atoms. The molecule has 4 nitrogen and oxygen atoms in total. The molecule has 0 aliphatic carbocycles. The molecule has 1 N–H and O–H groups in total. The van der Waals surface area contributed by atoms with E-state index in [0.717, 1.165) is 0 Å². The SMILES string of the molecule is CC(F)c1ncnc(Nc2ccc(Cl)cn2)c1Br. The number of hydrogen-bond donors (Lipinski definition) is 1. The molecule has 0 saturated carbocycles. The lowest BCUT2D eigenvalue weighted by Gasteiger charge is -2.10. The van der Waals surface area contributed by atoms with Crippen LogP contribution in [0, 0.1) is 0 Å². The summed E-state index contributed by atoms with van der Waals surface area (Å²) >= 11 is 9.01. The Morgan fingerprint density at radius 2 is 2.11 bits per heavy atom. The van der Waals surface area contributed by atoms with Crippen molar-refractivity contribution in [2.45, 2.75) is 13.1 Å². The third-order valence-electron chi connectivity index (χ3n) is 2.17. The Morgan fingerprint density at radius 1 is 1.33 bits per heavy atom. The zero-order chi connectivity index (χ0) is 13.1. The minimum Gasteiger partial charge on any atom is -0.324 e. The molecule has 0 radical (unpaired) electrons. The lowest BCUT2D eigenvalue weighted by molar-refractivity contribution is 0.364. The van der Waals surface area contributed by atoms with Crippen molar-refractivity contribution >= 4 is 39.2 Å². The maximum atomic E-state index is 13.3. The van der Waals surface area contributed by atoms with Gasteiger partial charge < -0.3 is 5.32 Å². The van der Waals surface area contributed by atoms with E-state index in [4.69, 9.17) is 11.6 Å². The highest BCUT2D eigenvalue weighted by Crippen LogP contribution is 2.30. The van der Waals surface area contributed by atoms with E-state index in [0.29, 0.717) is 26.8 Å². The Bertz CT molecular complexity index is 547. The first-order valence-corrected chi connectivity index (χ1v) is 6.28. The summed E-state index contributed by atoms with van der Waals surface area (Å²) in [4.78, 5) is 12.0. The van der Waals surface area contributed by atoms with Crippen LogP contribution in [0.15, 0.2) is 29.1 Å². The molecule has 2 aromatic heterocycles. The summed E-state index contributed by atoms with van der Waals surface area (Å²) in [5, 5.41) is 3.50. The Labute approximate surface area is 117 Å². The van der Waals surface area contributed by atoms with Gasteiger partial charge in [-0.3, -0.25) is 0 Å². The molecule has 7 heteroatoms. The zero-order valence-corrected chi connectivity index (χ0v) is 11.7. The van der Waals surface area contributed by atoms with Gasteiger partial charge in [-0.2, -0.15) is 0 Å². The van der Waals surface area contributed by atoms with Crippen molar-refractivity contribution in [2.75, 3.05) is 5.32 Å². The highest BCUT2D eigenvalue weighted by Gasteiger charge is 2.14. The number of aromatic nitrogens is 3. The number of pyridine rings is 1. The normalized spacial score (nSPS) is 12.2. The maximum absolute atomic E-state index is 13.3. The fourth-order valence-corrected chi connectivity index (χ4v) is 2.05. The second-order valence-corrected chi connectivity index (χ2v) is 4.75. The molecule has 1 unspecified atom stereocenters. The summed E-state index contributed by atoms with van der Waals surface area (Å²) in [5.41, 5.74) is 0.293. The van der Waals surface area contributed by atoms with E-state index in [1.165, 1.54) is 19.4 Å². The Kier molecular flexibility index (Phi) is 4.08. The fraction of sp³-hybridized carbons (Fsp3) is 0.182. The molecule has 0 aliphatic heterocycles. The molecule has 2 aromatic rings. The van der Waals surface area contributed by atoms with Gasteiger partial charge in [-0.15, -0.1) is 0 Å². The van der Waals surface area contributed by atoms with Gasteiger partial charge in [-0.25, -0.2) is 19.3 Å². The van der Waals surface area contributed by atoms with Crippen molar-refractivity contribution in [3.8, 4) is 0 Å². The van der Waals surface area contributed by atoms with Gasteiger partial charge in [0.05, 0.1) is 15.2 Å². The molecule has 18 heavy (non-hydrogen) atoms. The molecular formula is C11H9BrClFN4. The van der Waals surface area contributed by atoms with Gasteiger partial charge in [0, 0.05) is 6.20 Å². The van der Waals surface area contributed by atoms with Crippen molar-refractivity contribution in [3.63, 3.8) is 0 Å². The zero-order valence-electron chi connectivity index (χ0n) is 9.36. The van der Waals surface area contributed by atoms with Crippen molar-refractivity contribution in [3.05, 3.63) is 39.8 Å². The topological polar surface area (TPSA) is 50.7 Å². The van der Waals surface area contributed by atoms with E-state index in [2.05, 4.69) is 36.2 Å². The minimum absolute atomic E-state index is 0.293. The summed E-state index contributed by atoms with van der Waals surface area (Å²) in [6, 6.07) is 3.40. The molecular weight excluding hydrogens is 323 g/mol. The average Bonchev–Trinajstić information content (AvgIpc) is 2.34. The van der Waals surface area contributed by atoms with E-state index in [9.17, 15) is 4.39 Å². The number of rotatable bonds is 3. The van der Waals surface area contributed by atoms with Crippen LogP contribution in [-0.4, -0.2) is 15.0 Å². The van der Waals surface area contributed by atoms with Crippen LogP contribution in [0.1, 0.15) is 18.8 Å². The van der Waals surface area contributed by atoms with Crippen LogP contribution in [0.25, 0.3) is 0 Å². The van der Waals surface area contributed by atoms with E-state index < -0.39 is 6.17 Å². The number of nitrogens with one attached hydrogen (secondary N) is 1. The van der Waals surface area contributed by atoms with Gasteiger partial charge >= 0.3 is 0 Å². The number of alkyl halides is 1. The van der Waals surface area contributed by atoms with Crippen LogP contribution in [0.5, 0.6) is 0 Å². The van der Waals surface area contributed by atoms with Crippen molar-refractivity contribution in [1.82, 2.24) is 15.0 Å². The number of hydrogen-bond acceptors (Lipinski definition) is 4. The molecule has 0 saturated heterocycles. The molecule has 0 fully saturated rings. The first-order chi connectivity index (χ1) is 8.58. The van der Waals surface area contributed by atoms with Gasteiger partial charge in [0.2, 0.25) is 0 Å². The maximum Gasteiger partial charge on any atom is 0.149 e. The van der Waals surface area contributed by atoms with Crippen LogP contribution in [0.3, 0.4) is 0 Å². The van der Waals surface area contributed by atoms with Crippen LogP contribution < -0.4 is 5.32 Å². The van der Waals surface area contributed by atoms with E-state index in [-0.39, 0.29) is 0 Å². The van der Waals surface area contributed by atoms with E-state index in [1.807, 2.05) is 0 Å². The molecule has 2 heterocycles. The quantitative estimate of drug-likeness (QED) is 0.921. The predicted octanol–water partition coefficient (Wildman–Crippen LogP) is 4.06. The lowest BCUT2D eigenvalue weighted by atomic mass is 10.3. The second kappa shape index (κ2) is 5.58. The van der Waals surface area contributed by atoms with E-state index >= 15 is 0 Å². The van der Waals surface area contributed by atoms with Crippen LogP contribution in [-0.2, 0) is 0 Å². The van der Waals surface area contributed by atoms with Gasteiger partial charge in [0.15, 0.2) is 0 Å². The second-order valence-electron chi connectivity index (χ2n) is 3.52. The molecule has 0 aliphatic rings. The van der Waals surface area contributed by atoms with Gasteiger partial charge in [-0.05, 0) is 35.0 Å². The predicted molar refractivity (Wildman–Crippen MR) is 71.8 cm³/mol. The Morgan fingerprint density at radius 3 is 2.72 bits per heavy atom. The van der Waals surface area contributed by atoms with E-state index in [1.54, 1.807) is 12.1 Å². The van der Waals surface area contributed by atoms with Crippen molar-refractivity contribution in [2.24, 2.45) is 0 Å². The standard InChI is InChI=1S/C11H9BrClFN4/c1-6(14)10-9(12)11(17-5-16-10)18-8-3-2-7(13)4-15-8/h2-6H,1H3,(H,15,16,17,18). The average molecular weight is 332 g/mol. The summed E-state index contributed by atoms with van der Waals surface area (Å²) in [5.74, 6) is 1.02. The summed E-state index contributed by atoms with van der Waals surface area (Å²) in [6.45, 7) is 1.41. The number of halogens is 3. The number of nitrogens with zero attached hydrogens (tertiary/aromatic N) is 3. The largest absolute Gasteiger partial charge is 0.324 e. The lowest BCUT2D eigenvalue weighted by Crippen LogP contribution is -2.01. The summed E-state index contributed by atoms with van der Waals surface area (Å²) in [6.07, 6.45) is 1.63. The minimum atomic E-state index is -1.18. The van der Waals surface area contributed by atoms with Crippen LogP contribution in [0.4, 0.5) is 16.0 Å². The summed E-state index contributed by atoms with van der Waals surface area (Å²) < 4.78 is 13.8. The van der Waals surface area contributed by atoms with Crippen LogP contribution in [0.2, 0.25) is 5.02 Å². The van der Waals surface area contributed by atoms with Crippen LogP contribution >= 0.6 is 27.5 Å². The number of anilines is 2.